The number of anilines is 1. The quantitative estimate of drug-likeness (QED) is 0.680. The Morgan fingerprint density at radius 2 is 2.10 bits per heavy atom. The molecule has 1 N–H and O–H groups in total. The maximum absolute atomic E-state index is 13.3. The molecule has 2 unspecified atom stereocenters. The lowest BCUT2D eigenvalue weighted by atomic mass is 10.1. The number of rotatable bonds is 4. The van der Waals surface area contributed by atoms with Crippen molar-refractivity contribution < 1.29 is 13.5 Å². The predicted octanol–water partition coefficient (Wildman–Crippen LogP) is 2.97. The molecule has 0 saturated carbocycles. The van der Waals surface area contributed by atoms with Crippen molar-refractivity contribution in [2.75, 3.05) is 24.3 Å². The first-order valence-electron chi connectivity index (χ1n) is 9.68. The number of halogens is 2. The summed E-state index contributed by atoms with van der Waals surface area (Å²) in [6.45, 7) is 0.622. The number of aryl methyl sites for hydroxylation is 1. The summed E-state index contributed by atoms with van der Waals surface area (Å²) in [5.74, 6) is 1.54. The first-order chi connectivity index (χ1) is 14.6. The molecule has 2 aliphatic rings. The molecule has 2 aromatic heterocycles. The average Bonchev–Trinajstić information content (AvgIpc) is 3.21. The van der Waals surface area contributed by atoms with Gasteiger partial charge in [-0.3, -0.25) is 4.79 Å². The van der Waals surface area contributed by atoms with Crippen LogP contribution in [0.1, 0.15) is 29.5 Å². The Balaban J connectivity index is 1.51. The number of aromatic nitrogens is 4. The highest BCUT2D eigenvalue weighted by atomic mass is 32.2. The van der Waals surface area contributed by atoms with Gasteiger partial charge in [-0.15, -0.1) is 0 Å². The number of alkyl halides is 2. The minimum Gasteiger partial charge on any atom is -0.377 e. The van der Waals surface area contributed by atoms with Gasteiger partial charge in [-0.25, -0.2) is 23.4 Å². The Morgan fingerprint density at radius 3 is 2.97 bits per heavy atom. The Kier molecular flexibility index (Phi) is 5.11. The van der Waals surface area contributed by atoms with Crippen LogP contribution in [0, 0.1) is 0 Å². The van der Waals surface area contributed by atoms with Gasteiger partial charge in [-0.05, 0) is 23.4 Å². The van der Waals surface area contributed by atoms with Crippen LogP contribution in [0.25, 0.3) is 10.9 Å². The molecule has 5 rings (SSSR count). The number of thioether (sulfide) groups is 1. The second-order valence-electron chi connectivity index (χ2n) is 7.31. The van der Waals surface area contributed by atoms with E-state index in [9.17, 15) is 13.6 Å². The third-order valence-electron chi connectivity index (χ3n) is 5.37. The van der Waals surface area contributed by atoms with E-state index >= 15 is 0 Å². The molecule has 0 aliphatic carbocycles. The van der Waals surface area contributed by atoms with E-state index in [0.29, 0.717) is 29.9 Å². The van der Waals surface area contributed by atoms with Gasteiger partial charge in [0.25, 0.3) is 12.0 Å². The zero-order chi connectivity index (χ0) is 20.7. The summed E-state index contributed by atoms with van der Waals surface area (Å²) in [7, 11) is 0. The number of para-hydroxylation sites is 1. The number of fused-ring (bicyclic) bond motifs is 2. The summed E-state index contributed by atoms with van der Waals surface area (Å²) in [5, 5.41) is 8.47. The molecule has 0 amide bonds. The van der Waals surface area contributed by atoms with Crippen molar-refractivity contribution in [3.05, 3.63) is 57.8 Å². The smallest absolute Gasteiger partial charge is 0.297 e. The predicted molar refractivity (Wildman–Crippen MR) is 110 cm³/mol. The Morgan fingerprint density at radius 1 is 1.23 bits per heavy atom. The Bertz CT molecular complexity index is 1160. The summed E-state index contributed by atoms with van der Waals surface area (Å²) in [5.41, 5.74) is 2.17. The van der Waals surface area contributed by atoms with E-state index in [4.69, 9.17) is 4.74 Å². The largest absolute Gasteiger partial charge is 0.377 e. The normalized spacial score (nSPS) is 21.2. The Hall–Kier alpha value is -2.59. The first-order valence-corrected chi connectivity index (χ1v) is 10.8. The molecule has 1 aromatic carbocycles. The second-order valence-corrected chi connectivity index (χ2v) is 8.41. The molecule has 0 radical (unpaired) electrons. The summed E-state index contributed by atoms with van der Waals surface area (Å²) < 4.78 is 33.7. The van der Waals surface area contributed by atoms with Gasteiger partial charge in [-0.2, -0.15) is 16.9 Å². The lowest BCUT2D eigenvalue weighted by molar-refractivity contribution is 0.141. The lowest BCUT2D eigenvalue weighted by Crippen LogP contribution is -2.38. The molecule has 30 heavy (non-hydrogen) atoms. The topological polar surface area (TPSA) is 81.9 Å². The van der Waals surface area contributed by atoms with Crippen LogP contribution >= 0.6 is 11.8 Å². The fourth-order valence-corrected chi connectivity index (χ4v) is 4.82. The van der Waals surface area contributed by atoms with E-state index in [1.54, 1.807) is 42.1 Å². The zero-order valence-corrected chi connectivity index (χ0v) is 16.7. The molecule has 0 bridgehead atoms. The highest BCUT2D eigenvalue weighted by Crippen LogP contribution is 2.29. The number of ether oxygens (including phenoxy) is 1. The molecular weight excluding hydrogens is 412 g/mol. The highest BCUT2D eigenvalue weighted by Gasteiger charge is 2.33. The van der Waals surface area contributed by atoms with Gasteiger partial charge in [0.1, 0.15) is 11.9 Å². The molecule has 7 nitrogen and oxygen atoms in total. The van der Waals surface area contributed by atoms with E-state index in [2.05, 4.69) is 20.4 Å². The number of nitrogens with zero attached hydrogens (tertiary/aromatic N) is 4. The molecule has 2 atom stereocenters. The van der Waals surface area contributed by atoms with Crippen molar-refractivity contribution >= 4 is 28.5 Å². The number of nitrogens with one attached hydrogen (secondary N) is 1. The van der Waals surface area contributed by atoms with Crippen molar-refractivity contribution in [1.29, 1.82) is 0 Å². The maximum atomic E-state index is 13.3. The van der Waals surface area contributed by atoms with Crippen LogP contribution in [0.5, 0.6) is 0 Å². The lowest BCUT2D eigenvalue weighted by Gasteiger charge is -2.23. The third kappa shape index (κ3) is 3.54. The maximum Gasteiger partial charge on any atom is 0.297 e. The second kappa shape index (κ2) is 7.92. The van der Waals surface area contributed by atoms with Crippen molar-refractivity contribution in [1.82, 2.24) is 19.7 Å². The van der Waals surface area contributed by atoms with Gasteiger partial charge in [0.05, 0.1) is 30.5 Å². The van der Waals surface area contributed by atoms with Gasteiger partial charge in [-0.1, -0.05) is 12.1 Å². The Labute approximate surface area is 174 Å². The molecule has 2 aliphatic heterocycles. The fraction of sp³-hybridized carbons (Fsp3) is 0.400. The van der Waals surface area contributed by atoms with Crippen LogP contribution in [0.2, 0.25) is 0 Å². The van der Waals surface area contributed by atoms with Crippen molar-refractivity contribution in [3.63, 3.8) is 0 Å². The van der Waals surface area contributed by atoms with Crippen LogP contribution in [-0.2, 0) is 16.9 Å². The van der Waals surface area contributed by atoms with E-state index in [0.717, 1.165) is 29.2 Å². The van der Waals surface area contributed by atoms with Crippen molar-refractivity contribution in [3.8, 4) is 0 Å². The summed E-state index contributed by atoms with van der Waals surface area (Å²) >= 11 is 1.79. The summed E-state index contributed by atoms with van der Waals surface area (Å²) in [4.78, 5) is 20.7. The van der Waals surface area contributed by atoms with Gasteiger partial charge < -0.3 is 10.1 Å². The van der Waals surface area contributed by atoms with E-state index in [-0.39, 0.29) is 17.6 Å². The summed E-state index contributed by atoms with van der Waals surface area (Å²) in [6, 6.07) is 7.94. The van der Waals surface area contributed by atoms with Gasteiger partial charge >= 0.3 is 0 Å². The standard InChI is InChI=1S/C20H19F2N5O2S/c21-18(22)20-23-14-4-2-1-3-12(14)19(25-20)24-15-8-29-9-16(15)27-17(28)7-11-10-30-6-5-13(11)26-27/h1-4,7,15-16,18H,5-6,8-10H2,(H,23,24,25). The van der Waals surface area contributed by atoms with E-state index in [1.165, 1.54) is 4.68 Å². The minimum atomic E-state index is -2.78. The van der Waals surface area contributed by atoms with Gasteiger partial charge in [0, 0.05) is 23.6 Å². The van der Waals surface area contributed by atoms with Crippen molar-refractivity contribution in [2.45, 2.75) is 30.7 Å². The molecule has 3 aromatic rings. The molecule has 4 heterocycles. The van der Waals surface area contributed by atoms with Gasteiger partial charge in [0.15, 0.2) is 5.82 Å². The van der Waals surface area contributed by atoms with E-state index < -0.39 is 12.2 Å². The minimum absolute atomic E-state index is 0.181. The van der Waals surface area contributed by atoms with E-state index in [1.807, 2.05) is 0 Å². The van der Waals surface area contributed by atoms with Crippen LogP contribution in [0.3, 0.4) is 0 Å². The highest BCUT2D eigenvalue weighted by molar-refractivity contribution is 7.98. The van der Waals surface area contributed by atoms with Crippen LogP contribution in [-0.4, -0.2) is 44.8 Å². The monoisotopic (exact) mass is 431 g/mol. The molecule has 0 spiro atoms. The SMILES string of the molecule is O=c1cc2c(nn1C1COCC1Nc1nc(C(F)F)nc3ccccc13)CCSC2. The number of hydrogen-bond acceptors (Lipinski definition) is 7. The number of hydrogen-bond donors (Lipinski definition) is 1. The zero-order valence-electron chi connectivity index (χ0n) is 15.9. The molecule has 10 heteroatoms. The van der Waals surface area contributed by atoms with Crippen LogP contribution in [0.15, 0.2) is 35.1 Å². The van der Waals surface area contributed by atoms with Crippen LogP contribution in [0.4, 0.5) is 14.6 Å². The molecule has 1 fully saturated rings. The summed E-state index contributed by atoms with van der Waals surface area (Å²) in [6.07, 6.45) is -1.96. The fourth-order valence-electron chi connectivity index (χ4n) is 3.87. The van der Waals surface area contributed by atoms with Gasteiger partial charge in [0.2, 0.25) is 0 Å². The van der Waals surface area contributed by atoms with Crippen LogP contribution < -0.4 is 10.9 Å². The molecule has 1 saturated heterocycles. The van der Waals surface area contributed by atoms with Crippen molar-refractivity contribution in [2.24, 2.45) is 0 Å². The third-order valence-corrected chi connectivity index (χ3v) is 6.37. The molecular formula is C20H19F2N5O2S. The number of benzene rings is 1. The molecule has 156 valence electrons. The average molecular weight is 431 g/mol. The first kappa shape index (κ1) is 19.4.